The smallest absolute Gasteiger partial charge is 0.239 e. The Labute approximate surface area is 108 Å². The van der Waals surface area contributed by atoms with E-state index in [4.69, 9.17) is 10.5 Å². The quantitative estimate of drug-likeness (QED) is 0.818. The maximum Gasteiger partial charge on any atom is 0.239 e. The zero-order chi connectivity index (χ0) is 13.5. The van der Waals surface area contributed by atoms with Crippen molar-refractivity contribution in [2.45, 2.75) is 25.4 Å². The topological polar surface area (TPSA) is 68.5 Å². The highest BCUT2D eigenvalue weighted by molar-refractivity contribution is 5.81. The molecule has 100 valence electrons. The van der Waals surface area contributed by atoms with Crippen molar-refractivity contribution in [2.75, 3.05) is 20.8 Å². The Morgan fingerprint density at radius 2 is 2.11 bits per heavy atom. The minimum atomic E-state index is -0.515. The van der Waals surface area contributed by atoms with Gasteiger partial charge < -0.3 is 15.4 Å². The predicted molar refractivity (Wildman–Crippen MR) is 69.9 cm³/mol. The Balaban J connectivity index is 2.63. The first-order valence-corrected chi connectivity index (χ1v) is 5.99. The van der Waals surface area contributed by atoms with Gasteiger partial charge in [-0.1, -0.05) is 0 Å². The lowest BCUT2D eigenvalue weighted by Crippen LogP contribution is -2.43. The Morgan fingerprint density at radius 1 is 1.50 bits per heavy atom. The average molecular weight is 251 g/mol. The number of rotatable bonds is 6. The SMILES string of the molecule is COCCC(N)C(=O)N(C)C(C)c1ccncc1. The maximum atomic E-state index is 12.1. The molecule has 18 heavy (non-hydrogen) atoms. The lowest BCUT2D eigenvalue weighted by molar-refractivity contribution is -0.133. The summed E-state index contributed by atoms with van der Waals surface area (Å²) < 4.78 is 4.93. The molecule has 1 aromatic rings. The van der Waals surface area contributed by atoms with Gasteiger partial charge in [-0.05, 0) is 31.0 Å². The van der Waals surface area contributed by atoms with Crippen molar-refractivity contribution in [2.24, 2.45) is 5.73 Å². The molecule has 0 aromatic carbocycles. The van der Waals surface area contributed by atoms with E-state index in [0.29, 0.717) is 13.0 Å². The molecular formula is C13H21N3O2. The monoisotopic (exact) mass is 251 g/mol. The minimum absolute atomic E-state index is 0.0194. The van der Waals surface area contributed by atoms with Crippen LogP contribution in [0.25, 0.3) is 0 Å². The van der Waals surface area contributed by atoms with Gasteiger partial charge in [-0.15, -0.1) is 0 Å². The average Bonchev–Trinajstić information content (AvgIpc) is 2.43. The third-order valence-corrected chi connectivity index (χ3v) is 3.07. The van der Waals surface area contributed by atoms with Crippen LogP contribution < -0.4 is 5.73 Å². The Kier molecular flexibility index (Phi) is 5.74. The van der Waals surface area contributed by atoms with Crippen molar-refractivity contribution in [3.05, 3.63) is 30.1 Å². The number of nitrogens with two attached hydrogens (primary N) is 1. The van der Waals surface area contributed by atoms with Crippen LogP contribution in [-0.4, -0.2) is 42.6 Å². The zero-order valence-corrected chi connectivity index (χ0v) is 11.2. The van der Waals surface area contributed by atoms with Gasteiger partial charge in [0, 0.05) is 33.2 Å². The van der Waals surface area contributed by atoms with Crippen LogP contribution >= 0.6 is 0 Å². The summed E-state index contributed by atoms with van der Waals surface area (Å²) in [6.45, 7) is 2.46. The van der Waals surface area contributed by atoms with Crippen LogP contribution in [0, 0.1) is 0 Å². The third-order valence-electron chi connectivity index (χ3n) is 3.07. The van der Waals surface area contributed by atoms with Gasteiger partial charge >= 0.3 is 0 Å². The molecule has 0 spiro atoms. The Hall–Kier alpha value is -1.46. The molecule has 2 unspecified atom stereocenters. The normalized spacial score (nSPS) is 14.0. The van der Waals surface area contributed by atoms with Crippen molar-refractivity contribution in [1.29, 1.82) is 0 Å². The van der Waals surface area contributed by atoms with Crippen molar-refractivity contribution >= 4 is 5.91 Å². The predicted octanol–water partition coefficient (Wildman–Crippen LogP) is 0.965. The highest BCUT2D eigenvalue weighted by Crippen LogP contribution is 2.18. The molecule has 0 saturated carbocycles. The first-order valence-electron chi connectivity index (χ1n) is 5.99. The van der Waals surface area contributed by atoms with Crippen LogP contribution in [-0.2, 0) is 9.53 Å². The summed E-state index contributed by atoms with van der Waals surface area (Å²) in [5.74, 6) is -0.0728. The number of carbonyl (C=O) groups is 1. The summed E-state index contributed by atoms with van der Waals surface area (Å²) in [7, 11) is 3.36. The molecule has 2 atom stereocenters. The van der Waals surface area contributed by atoms with Crippen LogP contribution in [0.15, 0.2) is 24.5 Å². The molecule has 5 nitrogen and oxygen atoms in total. The lowest BCUT2D eigenvalue weighted by Gasteiger charge is -2.27. The highest BCUT2D eigenvalue weighted by atomic mass is 16.5. The van der Waals surface area contributed by atoms with E-state index in [2.05, 4.69) is 4.98 Å². The fourth-order valence-electron chi connectivity index (χ4n) is 1.69. The Bertz CT molecular complexity index is 370. The molecule has 0 radical (unpaired) electrons. The molecule has 5 heteroatoms. The van der Waals surface area contributed by atoms with Gasteiger partial charge in [0.1, 0.15) is 0 Å². The number of nitrogens with zero attached hydrogens (tertiary/aromatic N) is 2. The van der Waals surface area contributed by atoms with E-state index in [1.807, 2.05) is 19.1 Å². The number of amides is 1. The third kappa shape index (κ3) is 3.78. The molecule has 1 amide bonds. The largest absolute Gasteiger partial charge is 0.385 e. The summed E-state index contributed by atoms with van der Waals surface area (Å²) >= 11 is 0. The second-order valence-corrected chi connectivity index (χ2v) is 4.29. The molecule has 1 aromatic heterocycles. The van der Waals surface area contributed by atoms with Gasteiger partial charge in [-0.25, -0.2) is 0 Å². The summed E-state index contributed by atoms with van der Waals surface area (Å²) in [6, 6.07) is 3.26. The summed E-state index contributed by atoms with van der Waals surface area (Å²) in [4.78, 5) is 17.7. The second-order valence-electron chi connectivity index (χ2n) is 4.29. The number of hydrogen-bond acceptors (Lipinski definition) is 4. The molecular weight excluding hydrogens is 230 g/mol. The van der Waals surface area contributed by atoms with Gasteiger partial charge in [0.15, 0.2) is 0 Å². The molecule has 1 heterocycles. The molecule has 0 bridgehead atoms. The van der Waals surface area contributed by atoms with E-state index in [0.717, 1.165) is 5.56 Å². The summed E-state index contributed by atoms with van der Waals surface area (Å²) in [6.07, 6.45) is 3.97. The van der Waals surface area contributed by atoms with E-state index in [1.165, 1.54) is 0 Å². The zero-order valence-electron chi connectivity index (χ0n) is 11.2. The number of pyridine rings is 1. The van der Waals surface area contributed by atoms with Crippen molar-refractivity contribution in [3.63, 3.8) is 0 Å². The van der Waals surface area contributed by atoms with Gasteiger partial charge in [-0.2, -0.15) is 0 Å². The standard InChI is InChI=1S/C13H21N3O2/c1-10(11-4-7-15-8-5-11)16(2)13(17)12(14)6-9-18-3/h4-5,7-8,10,12H,6,9,14H2,1-3H3. The number of hydrogen-bond donors (Lipinski definition) is 1. The molecule has 0 aliphatic heterocycles. The molecule has 0 saturated heterocycles. The molecule has 0 aliphatic carbocycles. The van der Waals surface area contributed by atoms with E-state index in [1.54, 1.807) is 31.5 Å². The second kappa shape index (κ2) is 7.08. The Morgan fingerprint density at radius 3 is 2.67 bits per heavy atom. The molecule has 0 fully saturated rings. The van der Waals surface area contributed by atoms with E-state index in [9.17, 15) is 4.79 Å². The molecule has 0 aliphatic rings. The molecule has 1 rings (SSSR count). The van der Waals surface area contributed by atoms with Crippen LogP contribution in [0.3, 0.4) is 0 Å². The first-order chi connectivity index (χ1) is 8.57. The van der Waals surface area contributed by atoms with Crippen LogP contribution in [0.5, 0.6) is 0 Å². The number of likely N-dealkylation sites (N-methyl/N-ethyl adjacent to an activating group) is 1. The van der Waals surface area contributed by atoms with Crippen molar-refractivity contribution in [1.82, 2.24) is 9.88 Å². The number of carbonyl (C=O) groups excluding carboxylic acids is 1. The van der Waals surface area contributed by atoms with Crippen molar-refractivity contribution in [3.8, 4) is 0 Å². The summed E-state index contributed by atoms with van der Waals surface area (Å²) in [5, 5.41) is 0. The van der Waals surface area contributed by atoms with E-state index >= 15 is 0 Å². The summed E-state index contributed by atoms with van der Waals surface area (Å²) in [5.41, 5.74) is 6.88. The van der Waals surface area contributed by atoms with Crippen molar-refractivity contribution < 1.29 is 9.53 Å². The van der Waals surface area contributed by atoms with E-state index < -0.39 is 6.04 Å². The fourth-order valence-corrected chi connectivity index (χ4v) is 1.69. The van der Waals surface area contributed by atoms with Crippen LogP contribution in [0.2, 0.25) is 0 Å². The van der Waals surface area contributed by atoms with Gasteiger partial charge in [0.05, 0.1) is 12.1 Å². The highest BCUT2D eigenvalue weighted by Gasteiger charge is 2.22. The van der Waals surface area contributed by atoms with Gasteiger partial charge in [0.25, 0.3) is 0 Å². The number of methoxy groups -OCH3 is 1. The number of aromatic nitrogens is 1. The first kappa shape index (κ1) is 14.6. The molecule has 2 N–H and O–H groups in total. The fraction of sp³-hybridized carbons (Fsp3) is 0.538. The van der Waals surface area contributed by atoms with Crippen LogP contribution in [0.4, 0.5) is 0 Å². The maximum absolute atomic E-state index is 12.1. The van der Waals surface area contributed by atoms with E-state index in [-0.39, 0.29) is 11.9 Å². The van der Waals surface area contributed by atoms with Gasteiger partial charge in [-0.3, -0.25) is 9.78 Å². The minimum Gasteiger partial charge on any atom is -0.385 e. The van der Waals surface area contributed by atoms with Gasteiger partial charge in [0.2, 0.25) is 5.91 Å². The lowest BCUT2D eigenvalue weighted by atomic mass is 10.1. The number of ether oxygens (including phenoxy) is 1. The van der Waals surface area contributed by atoms with Crippen LogP contribution in [0.1, 0.15) is 24.9 Å².